The first-order chi connectivity index (χ1) is 6.45. The van der Waals surface area contributed by atoms with Crippen LogP contribution in [0.25, 0.3) is 0 Å². The molecular formula is C6H11Cl2O5P. The second kappa shape index (κ2) is 6.77. The zero-order valence-electron chi connectivity index (χ0n) is 7.43. The van der Waals surface area contributed by atoms with Crippen molar-refractivity contribution in [1.82, 2.24) is 0 Å². The highest BCUT2D eigenvalue weighted by molar-refractivity contribution is 7.47. The van der Waals surface area contributed by atoms with E-state index in [0.29, 0.717) is 6.29 Å². The first kappa shape index (κ1) is 14.4. The van der Waals surface area contributed by atoms with Crippen LogP contribution in [-0.4, -0.2) is 35.1 Å². The van der Waals surface area contributed by atoms with Gasteiger partial charge >= 0.3 is 7.82 Å². The molecule has 0 aromatic rings. The zero-order valence-corrected chi connectivity index (χ0v) is 9.84. The van der Waals surface area contributed by atoms with Crippen LogP contribution < -0.4 is 0 Å². The zero-order chi connectivity index (χ0) is 11.2. The third-order valence-corrected chi connectivity index (χ3v) is 3.01. The van der Waals surface area contributed by atoms with E-state index < -0.39 is 20.0 Å². The summed E-state index contributed by atoms with van der Waals surface area (Å²) in [6.07, 6.45) is -1.48. The molecule has 0 aliphatic heterocycles. The van der Waals surface area contributed by atoms with Crippen LogP contribution in [0, 0.1) is 0 Å². The largest absolute Gasteiger partial charge is 0.473 e. The molecule has 0 spiro atoms. The molecule has 8 heteroatoms. The number of carbonyl (C=O) groups is 1. The Bertz CT molecular complexity index is 224. The SMILES string of the molecule is CC(CCl)OP(=O)(O)OC(C=O)CCl. The monoisotopic (exact) mass is 264 g/mol. The lowest BCUT2D eigenvalue weighted by Crippen LogP contribution is -2.18. The van der Waals surface area contributed by atoms with E-state index in [1.165, 1.54) is 6.92 Å². The Morgan fingerprint density at radius 3 is 2.36 bits per heavy atom. The lowest BCUT2D eigenvalue weighted by atomic mass is 10.5. The first-order valence-corrected chi connectivity index (χ1v) is 6.28. The smallest absolute Gasteiger partial charge is 0.302 e. The van der Waals surface area contributed by atoms with Crippen LogP contribution in [0.2, 0.25) is 0 Å². The van der Waals surface area contributed by atoms with Gasteiger partial charge in [-0.2, -0.15) is 0 Å². The minimum absolute atomic E-state index is 0.0422. The van der Waals surface area contributed by atoms with Crippen molar-refractivity contribution in [3.8, 4) is 0 Å². The van der Waals surface area contributed by atoms with Crippen LogP contribution in [0.4, 0.5) is 0 Å². The molecule has 1 N–H and O–H groups in total. The second-order valence-corrected chi connectivity index (χ2v) is 4.45. The van der Waals surface area contributed by atoms with Gasteiger partial charge in [-0.25, -0.2) is 4.57 Å². The van der Waals surface area contributed by atoms with Crippen LogP contribution in [0.3, 0.4) is 0 Å². The van der Waals surface area contributed by atoms with Crippen LogP contribution >= 0.6 is 31.0 Å². The van der Waals surface area contributed by atoms with Gasteiger partial charge in [0.1, 0.15) is 6.10 Å². The number of aldehydes is 1. The van der Waals surface area contributed by atoms with Crippen molar-refractivity contribution >= 4 is 37.3 Å². The van der Waals surface area contributed by atoms with Gasteiger partial charge in [-0.3, -0.25) is 9.05 Å². The van der Waals surface area contributed by atoms with Gasteiger partial charge < -0.3 is 9.69 Å². The Hall–Kier alpha value is 0.360. The summed E-state index contributed by atoms with van der Waals surface area (Å²) >= 11 is 10.6. The standard InChI is InChI=1S/C6H11Cl2O5P/c1-5(2-7)12-14(10,11)13-6(3-8)4-9/h4-6H,2-3H2,1H3,(H,10,11). The molecule has 0 aromatic heterocycles. The van der Waals surface area contributed by atoms with Crippen LogP contribution in [0.15, 0.2) is 0 Å². The molecular weight excluding hydrogens is 254 g/mol. The maximum Gasteiger partial charge on any atom is 0.473 e. The molecule has 0 rings (SSSR count). The van der Waals surface area contributed by atoms with Crippen molar-refractivity contribution in [1.29, 1.82) is 0 Å². The highest BCUT2D eigenvalue weighted by Gasteiger charge is 2.28. The Morgan fingerprint density at radius 1 is 1.43 bits per heavy atom. The van der Waals surface area contributed by atoms with E-state index in [1.54, 1.807) is 0 Å². The molecule has 0 fully saturated rings. The Balaban J connectivity index is 4.18. The summed E-state index contributed by atoms with van der Waals surface area (Å²) in [6, 6.07) is 0. The number of phosphoric ester groups is 1. The molecule has 84 valence electrons. The summed E-state index contributed by atoms with van der Waals surface area (Å²) in [4.78, 5) is 19.3. The lowest BCUT2D eigenvalue weighted by molar-refractivity contribution is -0.113. The lowest BCUT2D eigenvalue weighted by Gasteiger charge is -2.17. The Kier molecular flexibility index (Phi) is 6.95. The third kappa shape index (κ3) is 5.96. The number of hydrogen-bond acceptors (Lipinski definition) is 4. The average Bonchev–Trinajstić information content (AvgIpc) is 2.13. The van der Waals surface area contributed by atoms with Gasteiger partial charge in [0.2, 0.25) is 0 Å². The Morgan fingerprint density at radius 2 is 2.00 bits per heavy atom. The maximum atomic E-state index is 11.1. The molecule has 0 amide bonds. The van der Waals surface area contributed by atoms with Crippen molar-refractivity contribution < 1.29 is 23.3 Å². The van der Waals surface area contributed by atoms with E-state index in [0.717, 1.165) is 0 Å². The van der Waals surface area contributed by atoms with E-state index >= 15 is 0 Å². The number of carbonyl (C=O) groups excluding carboxylic acids is 1. The van der Waals surface area contributed by atoms with E-state index in [2.05, 4.69) is 9.05 Å². The second-order valence-electron chi connectivity index (χ2n) is 2.47. The molecule has 0 aliphatic carbocycles. The predicted octanol–water partition coefficient (Wildman–Crippen LogP) is 1.55. The minimum Gasteiger partial charge on any atom is -0.302 e. The van der Waals surface area contributed by atoms with Crippen molar-refractivity contribution in [2.24, 2.45) is 0 Å². The fraction of sp³-hybridized carbons (Fsp3) is 0.833. The van der Waals surface area contributed by atoms with Crippen molar-refractivity contribution in [3.05, 3.63) is 0 Å². The Labute approximate surface area is 91.9 Å². The number of halogens is 2. The van der Waals surface area contributed by atoms with E-state index in [9.17, 15) is 9.36 Å². The summed E-state index contributed by atoms with van der Waals surface area (Å²) in [5.41, 5.74) is 0. The van der Waals surface area contributed by atoms with E-state index in [4.69, 9.17) is 28.1 Å². The predicted molar refractivity (Wildman–Crippen MR) is 52.7 cm³/mol. The van der Waals surface area contributed by atoms with Gasteiger partial charge in [0.15, 0.2) is 6.29 Å². The molecule has 0 aromatic carbocycles. The van der Waals surface area contributed by atoms with Crippen LogP contribution in [-0.2, 0) is 18.4 Å². The van der Waals surface area contributed by atoms with Gasteiger partial charge in [-0.05, 0) is 6.92 Å². The number of rotatable bonds is 7. The molecule has 0 aliphatic rings. The van der Waals surface area contributed by atoms with Gasteiger partial charge in [-0.1, -0.05) is 0 Å². The van der Waals surface area contributed by atoms with Crippen molar-refractivity contribution in [2.45, 2.75) is 19.1 Å². The summed E-state index contributed by atoms with van der Waals surface area (Å²) in [7, 11) is -4.25. The summed E-state index contributed by atoms with van der Waals surface area (Å²) in [6.45, 7) is 1.50. The normalized spacial score (nSPS) is 19.7. The number of hydrogen-bond donors (Lipinski definition) is 1. The third-order valence-electron chi connectivity index (χ3n) is 1.10. The summed E-state index contributed by atoms with van der Waals surface area (Å²) in [5, 5.41) is 0. The highest BCUT2D eigenvalue weighted by Crippen LogP contribution is 2.45. The van der Waals surface area contributed by atoms with Crippen LogP contribution in [0.1, 0.15) is 6.92 Å². The maximum absolute atomic E-state index is 11.1. The van der Waals surface area contributed by atoms with Crippen LogP contribution in [0.5, 0.6) is 0 Å². The first-order valence-electron chi connectivity index (χ1n) is 3.72. The average molecular weight is 265 g/mol. The summed E-state index contributed by atoms with van der Waals surface area (Å²) < 4.78 is 20.1. The van der Waals surface area contributed by atoms with Gasteiger partial charge in [0.25, 0.3) is 0 Å². The van der Waals surface area contributed by atoms with Gasteiger partial charge in [0, 0.05) is 5.88 Å². The fourth-order valence-corrected chi connectivity index (χ4v) is 1.96. The topological polar surface area (TPSA) is 72.8 Å². The molecule has 0 radical (unpaired) electrons. The quantitative estimate of drug-likeness (QED) is 0.429. The molecule has 0 bridgehead atoms. The minimum atomic E-state index is -4.25. The molecule has 5 nitrogen and oxygen atoms in total. The number of alkyl halides is 2. The molecule has 0 saturated heterocycles. The molecule has 0 heterocycles. The van der Waals surface area contributed by atoms with E-state index in [-0.39, 0.29) is 11.8 Å². The van der Waals surface area contributed by atoms with Crippen molar-refractivity contribution in [3.63, 3.8) is 0 Å². The molecule has 14 heavy (non-hydrogen) atoms. The van der Waals surface area contributed by atoms with Gasteiger partial charge in [0.05, 0.1) is 12.0 Å². The highest BCUT2D eigenvalue weighted by atomic mass is 35.5. The number of phosphoric acid groups is 1. The fourth-order valence-electron chi connectivity index (χ4n) is 0.541. The molecule has 3 atom stereocenters. The van der Waals surface area contributed by atoms with Crippen molar-refractivity contribution in [2.75, 3.05) is 11.8 Å². The summed E-state index contributed by atoms with van der Waals surface area (Å²) in [5.74, 6) is -0.173. The van der Waals surface area contributed by atoms with Gasteiger partial charge in [-0.15, -0.1) is 23.2 Å². The molecule has 0 saturated carbocycles. The van der Waals surface area contributed by atoms with E-state index in [1.807, 2.05) is 0 Å². The molecule has 3 unspecified atom stereocenters.